The maximum Gasteiger partial charge on any atom is 0.418 e. The van der Waals surface area contributed by atoms with Crippen molar-refractivity contribution in [3.63, 3.8) is 0 Å². The predicted octanol–water partition coefficient (Wildman–Crippen LogP) is 3.12. The molecule has 38 heavy (non-hydrogen) atoms. The number of amides is 2. The number of hydrogen-bond donors (Lipinski definition) is 2. The summed E-state index contributed by atoms with van der Waals surface area (Å²) in [6.45, 7) is -0.415. The van der Waals surface area contributed by atoms with Gasteiger partial charge >= 0.3 is 6.18 Å². The van der Waals surface area contributed by atoms with Gasteiger partial charge < -0.3 is 16.0 Å². The molecule has 4 heterocycles. The normalized spacial score (nSPS) is 17.7. The van der Waals surface area contributed by atoms with E-state index in [1.807, 2.05) is 0 Å². The summed E-state index contributed by atoms with van der Waals surface area (Å²) in [4.78, 5) is 34.3. The Kier molecular flexibility index (Phi) is 6.17. The van der Waals surface area contributed by atoms with Crippen LogP contribution in [0, 0.1) is 5.82 Å². The third kappa shape index (κ3) is 4.60. The van der Waals surface area contributed by atoms with Crippen LogP contribution in [0.15, 0.2) is 55.1 Å². The lowest BCUT2D eigenvalue weighted by molar-refractivity contribution is -0.136. The molecule has 0 aliphatic carbocycles. The number of fused-ring (bicyclic) bond motifs is 1. The van der Waals surface area contributed by atoms with Crippen molar-refractivity contribution in [1.82, 2.24) is 29.8 Å². The van der Waals surface area contributed by atoms with Gasteiger partial charge in [-0.1, -0.05) is 0 Å². The maximum absolute atomic E-state index is 14.7. The molecule has 4 aromatic rings. The average Bonchev–Trinajstić information content (AvgIpc) is 3.46. The van der Waals surface area contributed by atoms with Gasteiger partial charge in [-0.3, -0.25) is 14.6 Å². The number of pyridine rings is 1. The summed E-state index contributed by atoms with van der Waals surface area (Å²) in [5.41, 5.74) is 4.37. The summed E-state index contributed by atoms with van der Waals surface area (Å²) in [5.74, 6) is -2.16. The van der Waals surface area contributed by atoms with Gasteiger partial charge in [-0.2, -0.15) is 18.3 Å². The van der Waals surface area contributed by atoms with Crippen molar-refractivity contribution in [1.29, 1.82) is 0 Å². The van der Waals surface area contributed by atoms with Gasteiger partial charge in [-0.15, -0.1) is 0 Å². The molecule has 14 heteroatoms. The van der Waals surface area contributed by atoms with Crippen molar-refractivity contribution in [3.05, 3.63) is 77.6 Å². The smallest absolute Gasteiger partial charge is 0.382 e. The molecule has 3 N–H and O–H groups in total. The molecule has 2 atom stereocenters. The van der Waals surface area contributed by atoms with Crippen molar-refractivity contribution in [2.75, 3.05) is 18.8 Å². The Bertz CT molecular complexity index is 1540. The fourth-order valence-corrected chi connectivity index (χ4v) is 4.29. The molecule has 1 saturated heterocycles. The van der Waals surface area contributed by atoms with Crippen LogP contribution in [0.25, 0.3) is 16.8 Å². The highest BCUT2D eigenvalue weighted by atomic mass is 19.4. The molecule has 0 spiro atoms. The zero-order valence-electron chi connectivity index (χ0n) is 19.3. The third-order valence-electron chi connectivity index (χ3n) is 6.13. The van der Waals surface area contributed by atoms with Crippen LogP contribution in [-0.4, -0.2) is 61.6 Å². The van der Waals surface area contributed by atoms with E-state index in [9.17, 15) is 31.5 Å². The first-order chi connectivity index (χ1) is 18.0. The SMILES string of the molecule is Nc1ncnn2c(-c3cncc(C(=O)N[C@@H]4CN(C(=O)c5ccc(F)cc5)C[C@@H]4F)c3)cc(C(F)(F)F)c12. The Morgan fingerprint density at radius 3 is 2.50 bits per heavy atom. The van der Waals surface area contributed by atoms with Crippen molar-refractivity contribution < 1.29 is 31.5 Å². The average molecular weight is 531 g/mol. The predicted molar refractivity (Wildman–Crippen MR) is 124 cm³/mol. The number of rotatable bonds is 4. The Morgan fingerprint density at radius 1 is 1.05 bits per heavy atom. The zero-order chi connectivity index (χ0) is 27.2. The van der Waals surface area contributed by atoms with E-state index in [0.29, 0.717) is 0 Å². The molecule has 9 nitrogen and oxygen atoms in total. The van der Waals surface area contributed by atoms with Crippen molar-refractivity contribution in [2.24, 2.45) is 0 Å². The molecule has 1 fully saturated rings. The summed E-state index contributed by atoms with van der Waals surface area (Å²) in [6, 6.07) is 5.85. The Balaban J connectivity index is 1.37. The first-order valence-electron chi connectivity index (χ1n) is 11.2. The van der Waals surface area contributed by atoms with Crippen LogP contribution >= 0.6 is 0 Å². The number of nitrogens with zero attached hydrogens (tertiary/aromatic N) is 5. The van der Waals surface area contributed by atoms with E-state index in [1.165, 1.54) is 35.5 Å². The van der Waals surface area contributed by atoms with E-state index in [0.717, 1.165) is 29.0 Å². The number of benzene rings is 1. The largest absolute Gasteiger partial charge is 0.418 e. The highest BCUT2D eigenvalue weighted by molar-refractivity contribution is 5.96. The fraction of sp³-hybridized carbons (Fsp3) is 0.208. The molecule has 1 aliphatic rings. The van der Waals surface area contributed by atoms with Crippen molar-refractivity contribution >= 4 is 23.1 Å². The first kappa shape index (κ1) is 25.0. The standard InChI is InChI=1S/C24H18F5N7O2/c25-15-3-1-12(2-4-15)23(38)35-9-17(26)18(10-35)34-22(37)14-5-13(7-31-8-14)19-6-16(24(27,28)29)20-21(30)32-11-33-36(19)20/h1-8,11,17-18H,9-10H2,(H,34,37)(H2,30,32,33)/t17-,18+/m0/s1. The van der Waals surface area contributed by atoms with Gasteiger partial charge in [0.15, 0.2) is 5.82 Å². The first-order valence-corrected chi connectivity index (χ1v) is 11.2. The lowest BCUT2D eigenvalue weighted by Crippen LogP contribution is -2.41. The number of hydrogen-bond acceptors (Lipinski definition) is 6. The number of likely N-dealkylation sites (tertiary alicyclic amines) is 1. The number of carbonyl (C=O) groups excluding carboxylic acids is 2. The molecule has 5 rings (SSSR count). The minimum atomic E-state index is -4.75. The van der Waals surface area contributed by atoms with Crippen LogP contribution in [0.1, 0.15) is 26.3 Å². The number of nitrogens with one attached hydrogen (secondary N) is 1. The second kappa shape index (κ2) is 9.36. The van der Waals surface area contributed by atoms with E-state index in [-0.39, 0.29) is 41.3 Å². The lowest BCUT2D eigenvalue weighted by atomic mass is 10.1. The summed E-state index contributed by atoms with van der Waals surface area (Å²) in [5, 5.41) is 6.37. The van der Waals surface area contributed by atoms with Crippen LogP contribution in [0.3, 0.4) is 0 Å². The minimum absolute atomic E-state index is 0.0381. The van der Waals surface area contributed by atoms with Crippen LogP contribution in [0.5, 0.6) is 0 Å². The Morgan fingerprint density at radius 2 is 1.79 bits per heavy atom. The molecule has 196 valence electrons. The minimum Gasteiger partial charge on any atom is -0.382 e. The number of aromatic nitrogens is 4. The van der Waals surface area contributed by atoms with E-state index in [4.69, 9.17) is 5.73 Å². The molecule has 0 bridgehead atoms. The number of halogens is 5. The number of nitrogen functional groups attached to an aromatic ring is 1. The number of anilines is 1. The van der Waals surface area contributed by atoms with Crippen LogP contribution in [0.4, 0.5) is 27.8 Å². The molecule has 0 saturated carbocycles. The van der Waals surface area contributed by atoms with Crippen LogP contribution in [-0.2, 0) is 6.18 Å². The van der Waals surface area contributed by atoms with Crippen LogP contribution in [0.2, 0.25) is 0 Å². The third-order valence-corrected chi connectivity index (χ3v) is 6.13. The molecular weight excluding hydrogens is 513 g/mol. The van der Waals surface area contributed by atoms with Gasteiger partial charge in [0.1, 0.15) is 23.8 Å². The van der Waals surface area contributed by atoms with Gasteiger partial charge in [0, 0.05) is 30.1 Å². The molecule has 3 aromatic heterocycles. The number of carbonyl (C=O) groups is 2. The fourth-order valence-electron chi connectivity index (χ4n) is 4.29. The summed E-state index contributed by atoms with van der Waals surface area (Å²) in [6.07, 6.45) is -2.92. The molecule has 1 aromatic carbocycles. The van der Waals surface area contributed by atoms with E-state index in [1.54, 1.807) is 0 Å². The van der Waals surface area contributed by atoms with E-state index < -0.39 is 47.1 Å². The molecule has 1 aliphatic heterocycles. The summed E-state index contributed by atoms with van der Waals surface area (Å²) < 4.78 is 69.7. The zero-order valence-corrected chi connectivity index (χ0v) is 19.3. The molecule has 0 unspecified atom stereocenters. The molecule has 2 amide bonds. The molecular formula is C24H18F5N7O2. The van der Waals surface area contributed by atoms with Gasteiger partial charge in [-0.05, 0) is 36.4 Å². The summed E-state index contributed by atoms with van der Waals surface area (Å²) >= 11 is 0. The molecule has 0 radical (unpaired) electrons. The second-order valence-corrected chi connectivity index (χ2v) is 8.62. The van der Waals surface area contributed by atoms with Gasteiger partial charge in [-0.25, -0.2) is 18.3 Å². The Labute approximate surface area is 211 Å². The van der Waals surface area contributed by atoms with Gasteiger partial charge in [0.2, 0.25) is 0 Å². The Hall–Kier alpha value is -4.62. The monoisotopic (exact) mass is 531 g/mol. The number of alkyl halides is 4. The van der Waals surface area contributed by atoms with Crippen molar-refractivity contribution in [3.8, 4) is 11.3 Å². The van der Waals surface area contributed by atoms with Gasteiger partial charge in [0.25, 0.3) is 11.8 Å². The van der Waals surface area contributed by atoms with Gasteiger partial charge in [0.05, 0.1) is 29.4 Å². The van der Waals surface area contributed by atoms with E-state index in [2.05, 4.69) is 20.4 Å². The number of nitrogens with two attached hydrogens (primary N) is 1. The highest BCUT2D eigenvalue weighted by Gasteiger charge is 2.38. The lowest BCUT2D eigenvalue weighted by Gasteiger charge is -2.17. The van der Waals surface area contributed by atoms with Crippen LogP contribution < -0.4 is 11.1 Å². The highest BCUT2D eigenvalue weighted by Crippen LogP contribution is 2.38. The van der Waals surface area contributed by atoms with Crippen molar-refractivity contribution in [2.45, 2.75) is 18.4 Å². The van der Waals surface area contributed by atoms with E-state index >= 15 is 0 Å². The quantitative estimate of drug-likeness (QED) is 0.391. The summed E-state index contributed by atoms with van der Waals surface area (Å²) in [7, 11) is 0. The maximum atomic E-state index is 14.7. The topological polar surface area (TPSA) is 119 Å². The second-order valence-electron chi connectivity index (χ2n) is 8.62.